The van der Waals surface area contributed by atoms with Crippen molar-refractivity contribution in [1.82, 2.24) is 15.5 Å². The van der Waals surface area contributed by atoms with Gasteiger partial charge in [0.05, 0.1) is 18.0 Å². The van der Waals surface area contributed by atoms with Crippen LogP contribution >= 0.6 is 0 Å². The highest BCUT2D eigenvalue weighted by Crippen LogP contribution is 2.16. The highest BCUT2D eigenvalue weighted by Gasteiger charge is 2.22. The van der Waals surface area contributed by atoms with Gasteiger partial charge in [-0.3, -0.25) is 14.4 Å². The Morgan fingerprint density at radius 3 is 2.42 bits per heavy atom. The lowest BCUT2D eigenvalue weighted by molar-refractivity contribution is -0.123. The summed E-state index contributed by atoms with van der Waals surface area (Å²) >= 11 is 0. The quantitative estimate of drug-likeness (QED) is 0.527. The second kappa shape index (κ2) is 11.0. The van der Waals surface area contributed by atoms with Gasteiger partial charge in [0.25, 0.3) is 5.91 Å². The standard InChI is InChI=1S/C23H27N3O6S/c1-33(30,31)20-10-8-19(9-11-20)32-14-2-3-21(27)25-15-17-4-6-18(7-5-17)23(29)26-13-12-24-22(28)16-26/h4-11H,2-3,12-16H2,1H3,(H,24,28)(H,25,27). The summed E-state index contributed by atoms with van der Waals surface area (Å²) in [6.45, 7) is 1.67. The van der Waals surface area contributed by atoms with Crippen LogP contribution in [0.3, 0.4) is 0 Å². The minimum Gasteiger partial charge on any atom is -0.494 e. The Morgan fingerprint density at radius 1 is 1.09 bits per heavy atom. The topological polar surface area (TPSA) is 122 Å². The molecular formula is C23H27N3O6S. The number of hydrogen-bond acceptors (Lipinski definition) is 6. The zero-order valence-corrected chi connectivity index (χ0v) is 19.2. The molecular weight excluding hydrogens is 446 g/mol. The monoisotopic (exact) mass is 473 g/mol. The third-order valence-corrected chi connectivity index (χ3v) is 6.21. The van der Waals surface area contributed by atoms with Crippen LogP contribution in [-0.2, 0) is 26.0 Å². The summed E-state index contributed by atoms with van der Waals surface area (Å²) in [5, 5.41) is 5.52. The predicted octanol–water partition coefficient (Wildman–Crippen LogP) is 1.14. The summed E-state index contributed by atoms with van der Waals surface area (Å²) in [5.41, 5.74) is 1.36. The average molecular weight is 474 g/mol. The largest absolute Gasteiger partial charge is 0.494 e. The van der Waals surface area contributed by atoms with Gasteiger partial charge in [-0.2, -0.15) is 0 Å². The second-order valence-corrected chi connectivity index (χ2v) is 9.76. The van der Waals surface area contributed by atoms with Crippen molar-refractivity contribution in [1.29, 1.82) is 0 Å². The van der Waals surface area contributed by atoms with Gasteiger partial charge in [-0.05, 0) is 48.4 Å². The molecule has 9 nitrogen and oxygen atoms in total. The molecule has 0 aromatic heterocycles. The van der Waals surface area contributed by atoms with Gasteiger partial charge in [-0.1, -0.05) is 12.1 Å². The van der Waals surface area contributed by atoms with E-state index in [0.717, 1.165) is 11.8 Å². The number of hydrogen-bond donors (Lipinski definition) is 2. The summed E-state index contributed by atoms with van der Waals surface area (Å²) in [5.74, 6) is 0.0729. The molecule has 33 heavy (non-hydrogen) atoms. The number of piperazine rings is 1. The van der Waals surface area contributed by atoms with E-state index < -0.39 is 9.84 Å². The van der Waals surface area contributed by atoms with E-state index in [1.54, 1.807) is 36.4 Å². The predicted molar refractivity (Wildman–Crippen MR) is 121 cm³/mol. The smallest absolute Gasteiger partial charge is 0.254 e. The van der Waals surface area contributed by atoms with Gasteiger partial charge in [-0.15, -0.1) is 0 Å². The maximum absolute atomic E-state index is 12.5. The Bertz CT molecular complexity index is 1100. The van der Waals surface area contributed by atoms with E-state index in [9.17, 15) is 22.8 Å². The molecule has 176 valence electrons. The third-order valence-electron chi connectivity index (χ3n) is 5.08. The van der Waals surface area contributed by atoms with E-state index in [4.69, 9.17) is 4.74 Å². The average Bonchev–Trinajstić information content (AvgIpc) is 2.80. The Balaban J connectivity index is 1.36. The number of rotatable bonds is 9. The van der Waals surface area contributed by atoms with Crippen molar-refractivity contribution in [2.45, 2.75) is 24.3 Å². The van der Waals surface area contributed by atoms with E-state index in [1.807, 2.05) is 0 Å². The van der Waals surface area contributed by atoms with Gasteiger partial charge < -0.3 is 20.3 Å². The molecule has 10 heteroatoms. The SMILES string of the molecule is CS(=O)(=O)c1ccc(OCCCC(=O)NCc2ccc(C(=O)N3CCNC(=O)C3)cc2)cc1. The van der Waals surface area contributed by atoms with Crippen molar-refractivity contribution in [3.05, 3.63) is 59.7 Å². The van der Waals surface area contributed by atoms with Crippen LogP contribution in [0.15, 0.2) is 53.4 Å². The fraction of sp³-hybridized carbons (Fsp3) is 0.348. The lowest BCUT2D eigenvalue weighted by Gasteiger charge is -2.26. The van der Waals surface area contributed by atoms with E-state index in [-0.39, 0.29) is 35.6 Å². The molecule has 2 N–H and O–H groups in total. The van der Waals surface area contributed by atoms with Crippen LogP contribution in [0, 0.1) is 0 Å². The van der Waals surface area contributed by atoms with Gasteiger partial charge >= 0.3 is 0 Å². The number of ether oxygens (including phenoxy) is 1. The number of sulfone groups is 1. The zero-order valence-electron chi connectivity index (χ0n) is 18.4. The molecule has 1 fully saturated rings. The van der Waals surface area contributed by atoms with Crippen LogP contribution in [0.4, 0.5) is 0 Å². The number of nitrogens with one attached hydrogen (secondary N) is 2. The van der Waals surface area contributed by atoms with Crippen molar-refractivity contribution in [3.63, 3.8) is 0 Å². The van der Waals surface area contributed by atoms with Crippen LogP contribution in [0.1, 0.15) is 28.8 Å². The Kier molecular flexibility index (Phi) is 8.05. The van der Waals surface area contributed by atoms with Crippen molar-refractivity contribution >= 4 is 27.6 Å². The fourth-order valence-corrected chi connectivity index (χ4v) is 3.88. The first-order valence-electron chi connectivity index (χ1n) is 10.6. The van der Waals surface area contributed by atoms with Crippen molar-refractivity contribution < 1.29 is 27.5 Å². The van der Waals surface area contributed by atoms with E-state index >= 15 is 0 Å². The minimum atomic E-state index is -3.24. The zero-order chi connectivity index (χ0) is 23.8. The fourth-order valence-electron chi connectivity index (χ4n) is 3.25. The second-order valence-electron chi connectivity index (χ2n) is 7.75. The van der Waals surface area contributed by atoms with Crippen molar-refractivity contribution in [2.24, 2.45) is 0 Å². The molecule has 0 unspecified atom stereocenters. The van der Waals surface area contributed by atoms with Gasteiger partial charge in [0.1, 0.15) is 5.75 Å². The molecule has 0 bridgehead atoms. The molecule has 1 heterocycles. The number of amides is 3. The Hall–Kier alpha value is -3.40. The summed E-state index contributed by atoms with van der Waals surface area (Å²) in [7, 11) is -3.24. The Labute approximate surface area is 193 Å². The van der Waals surface area contributed by atoms with Gasteiger partial charge in [0.15, 0.2) is 9.84 Å². The van der Waals surface area contributed by atoms with Gasteiger partial charge in [0, 0.05) is 37.9 Å². The number of carbonyl (C=O) groups is 3. The molecule has 2 aromatic rings. The van der Waals surface area contributed by atoms with Crippen molar-refractivity contribution in [3.8, 4) is 5.75 Å². The van der Waals surface area contributed by atoms with Crippen LogP contribution < -0.4 is 15.4 Å². The van der Waals surface area contributed by atoms with E-state index in [0.29, 0.717) is 44.0 Å². The molecule has 3 rings (SSSR count). The summed E-state index contributed by atoms with van der Waals surface area (Å²) < 4.78 is 28.4. The van der Waals surface area contributed by atoms with Crippen LogP contribution in [0.25, 0.3) is 0 Å². The van der Waals surface area contributed by atoms with Gasteiger partial charge in [-0.25, -0.2) is 8.42 Å². The Morgan fingerprint density at radius 2 is 1.79 bits per heavy atom. The minimum absolute atomic E-state index is 0.0618. The molecule has 0 radical (unpaired) electrons. The lowest BCUT2D eigenvalue weighted by Crippen LogP contribution is -2.49. The molecule has 1 aliphatic heterocycles. The van der Waals surface area contributed by atoms with E-state index in [1.165, 1.54) is 17.0 Å². The molecule has 0 aliphatic carbocycles. The maximum atomic E-state index is 12.5. The molecule has 0 spiro atoms. The summed E-state index contributed by atoms with van der Waals surface area (Å²) in [6.07, 6.45) is 1.94. The third kappa shape index (κ3) is 7.31. The summed E-state index contributed by atoms with van der Waals surface area (Å²) in [4.78, 5) is 37.7. The van der Waals surface area contributed by atoms with Gasteiger partial charge in [0.2, 0.25) is 11.8 Å². The maximum Gasteiger partial charge on any atom is 0.254 e. The number of nitrogens with zero attached hydrogens (tertiary/aromatic N) is 1. The van der Waals surface area contributed by atoms with Crippen molar-refractivity contribution in [2.75, 3.05) is 32.5 Å². The van der Waals surface area contributed by atoms with E-state index in [2.05, 4.69) is 10.6 Å². The van der Waals surface area contributed by atoms with Crippen LogP contribution in [0.2, 0.25) is 0 Å². The number of carbonyl (C=O) groups excluding carboxylic acids is 3. The molecule has 0 saturated carbocycles. The highest BCUT2D eigenvalue weighted by atomic mass is 32.2. The van der Waals surface area contributed by atoms with Crippen LogP contribution in [0.5, 0.6) is 5.75 Å². The first-order valence-corrected chi connectivity index (χ1v) is 12.5. The molecule has 1 aliphatic rings. The molecule has 2 aromatic carbocycles. The lowest BCUT2D eigenvalue weighted by atomic mass is 10.1. The first kappa shape index (κ1) is 24.2. The van der Waals surface area contributed by atoms with Crippen LogP contribution in [-0.4, -0.2) is 63.5 Å². The summed E-state index contributed by atoms with van der Waals surface area (Å²) in [6, 6.07) is 13.1. The highest BCUT2D eigenvalue weighted by molar-refractivity contribution is 7.90. The molecule has 0 atom stereocenters. The normalized spacial score (nSPS) is 13.8. The first-order chi connectivity index (χ1) is 15.7. The number of benzene rings is 2. The molecule has 1 saturated heterocycles. The molecule has 3 amide bonds.